The van der Waals surface area contributed by atoms with Gasteiger partial charge in [-0.25, -0.2) is 0 Å². The third-order valence-corrected chi connectivity index (χ3v) is 9.15. The van der Waals surface area contributed by atoms with Crippen molar-refractivity contribution >= 4 is 17.3 Å². The number of carbonyl (C=O) groups excluding carboxylic acids is 3. The lowest BCUT2D eigenvalue weighted by Gasteiger charge is -2.43. The van der Waals surface area contributed by atoms with Gasteiger partial charge in [-0.15, -0.1) is 0 Å². The summed E-state index contributed by atoms with van der Waals surface area (Å²) in [4.78, 5) is 40.1. The largest absolute Gasteiger partial charge is 0.507 e. The van der Waals surface area contributed by atoms with E-state index in [2.05, 4.69) is 5.32 Å². The van der Waals surface area contributed by atoms with Gasteiger partial charge in [0.1, 0.15) is 22.8 Å². The van der Waals surface area contributed by atoms with Gasteiger partial charge in [0.15, 0.2) is 17.9 Å². The molecule has 0 amide bonds. The topological polar surface area (TPSA) is 172 Å². The van der Waals surface area contributed by atoms with Gasteiger partial charge in [-0.1, -0.05) is 42.5 Å². The van der Waals surface area contributed by atoms with Gasteiger partial charge < -0.3 is 40.0 Å². The Morgan fingerprint density at radius 1 is 1.02 bits per heavy atom. The zero-order valence-corrected chi connectivity index (χ0v) is 25.1. The summed E-state index contributed by atoms with van der Waals surface area (Å²) in [5.41, 5.74) is -2.01. The van der Waals surface area contributed by atoms with E-state index in [-0.39, 0.29) is 40.8 Å². The average molecular weight is 618 g/mol. The summed E-state index contributed by atoms with van der Waals surface area (Å²) in [5, 5.41) is 48.9. The smallest absolute Gasteiger partial charge is 0.202 e. The normalized spacial score (nSPS) is 27.4. The molecule has 6 atom stereocenters. The molecule has 0 saturated carbocycles. The summed E-state index contributed by atoms with van der Waals surface area (Å²) in [6, 6.07) is 13.7. The molecule has 1 saturated heterocycles. The minimum absolute atomic E-state index is 0.0130. The molecule has 5 N–H and O–H groups in total. The van der Waals surface area contributed by atoms with Crippen LogP contribution in [0, 0.1) is 0 Å². The molecule has 3 aliphatic rings. The van der Waals surface area contributed by atoms with Crippen molar-refractivity contribution in [2.75, 3.05) is 7.11 Å². The van der Waals surface area contributed by atoms with Crippen molar-refractivity contribution in [3.8, 4) is 17.2 Å². The van der Waals surface area contributed by atoms with Crippen LogP contribution in [0.3, 0.4) is 0 Å². The number of benzene rings is 3. The molecule has 1 aliphatic heterocycles. The van der Waals surface area contributed by atoms with Crippen LogP contribution in [0.2, 0.25) is 0 Å². The number of methoxy groups -OCH3 is 1. The lowest BCUT2D eigenvalue weighted by Crippen LogP contribution is -2.55. The van der Waals surface area contributed by atoms with Crippen molar-refractivity contribution in [1.82, 2.24) is 5.32 Å². The molecule has 6 rings (SSSR count). The molecule has 0 radical (unpaired) electrons. The van der Waals surface area contributed by atoms with E-state index in [1.165, 1.54) is 32.2 Å². The first-order valence-corrected chi connectivity index (χ1v) is 14.8. The van der Waals surface area contributed by atoms with Crippen molar-refractivity contribution in [2.24, 2.45) is 0 Å². The molecule has 1 fully saturated rings. The number of rotatable bonds is 7. The zero-order valence-electron chi connectivity index (χ0n) is 25.1. The number of aliphatic hydroxyl groups is 2. The van der Waals surface area contributed by atoms with E-state index in [4.69, 9.17) is 14.2 Å². The number of hydrogen-bond acceptors (Lipinski definition) is 11. The minimum atomic E-state index is -2.02. The molecule has 11 nitrogen and oxygen atoms in total. The molecule has 0 bridgehead atoms. The molecule has 1 heterocycles. The summed E-state index contributed by atoms with van der Waals surface area (Å²) in [6.45, 7) is 3.47. The lowest BCUT2D eigenvalue weighted by molar-refractivity contribution is -0.246. The van der Waals surface area contributed by atoms with Crippen molar-refractivity contribution in [2.45, 2.75) is 75.9 Å². The Kier molecular flexibility index (Phi) is 8.00. The molecule has 0 aromatic heterocycles. The highest BCUT2D eigenvalue weighted by molar-refractivity contribution is 6.31. The Morgan fingerprint density at radius 2 is 1.73 bits per heavy atom. The monoisotopic (exact) mass is 617 g/mol. The van der Waals surface area contributed by atoms with E-state index >= 15 is 0 Å². The van der Waals surface area contributed by atoms with Crippen LogP contribution in [0.5, 0.6) is 17.2 Å². The van der Waals surface area contributed by atoms with Gasteiger partial charge in [0, 0.05) is 42.5 Å². The summed E-state index contributed by atoms with van der Waals surface area (Å²) in [6.07, 6.45) is -4.44. The average Bonchev–Trinajstić information content (AvgIpc) is 3.01. The number of carbonyl (C=O) groups is 3. The second-order valence-corrected chi connectivity index (χ2v) is 11.9. The number of ketones is 3. The number of nitrogens with one attached hydrogen (secondary N) is 1. The Morgan fingerprint density at radius 3 is 2.40 bits per heavy atom. The maximum Gasteiger partial charge on any atom is 0.202 e. The molecule has 2 aliphatic carbocycles. The predicted molar refractivity (Wildman–Crippen MR) is 159 cm³/mol. The first-order chi connectivity index (χ1) is 21.4. The van der Waals surface area contributed by atoms with Crippen molar-refractivity contribution in [3.63, 3.8) is 0 Å². The summed E-state index contributed by atoms with van der Waals surface area (Å²) in [5.74, 6) is -3.16. The number of aromatic hydroxyl groups is 2. The molecule has 45 heavy (non-hydrogen) atoms. The molecular formula is C34H35NO10. The van der Waals surface area contributed by atoms with Crippen LogP contribution in [-0.2, 0) is 27.2 Å². The SMILES string of the molecule is COc1cccc2c1C(=O)c1c(O)c3c(c(O)c1C2=O)CC(O)(C(C)=O)C[C@H]3OC1CC(O)C(NCc2ccccc2)C(C)O1. The quantitative estimate of drug-likeness (QED) is 0.193. The fraction of sp³-hybridized carbons (Fsp3) is 0.382. The predicted octanol–water partition coefficient (Wildman–Crippen LogP) is 2.86. The van der Waals surface area contributed by atoms with Crippen molar-refractivity contribution in [1.29, 1.82) is 0 Å². The number of aliphatic hydroxyl groups excluding tert-OH is 1. The second kappa shape index (κ2) is 11.7. The molecule has 3 aromatic carbocycles. The minimum Gasteiger partial charge on any atom is -0.507 e. The Bertz CT molecular complexity index is 1680. The summed E-state index contributed by atoms with van der Waals surface area (Å²) < 4.78 is 17.7. The first kappa shape index (κ1) is 30.9. The van der Waals surface area contributed by atoms with Gasteiger partial charge in [0.05, 0.1) is 48.2 Å². The van der Waals surface area contributed by atoms with E-state index in [0.29, 0.717) is 6.54 Å². The van der Waals surface area contributed by atoms with Crippen LogP contribution in [0.4, 0.5) is 0 Å². The maximum atomic E-state index is 13.8. The molecule has 3 aromatic rings. The van der Waals surface area contributed by atoms with Gasteiger partial charge in [-0.05, 0) is 25.5 Å². The van der Waals surface area contributed by atoms with Crippen LogP contribution < -0.4 is 10.1 Å². The van der Waals surface area contributed by atoms with E-state index < -0.39 is 82.6 Å². The third kappa shape index (κ3) is 5.20. The standard InChI is InChI=1S/C34H35NO10/c1-16-29(35-15-18-8-5-4-6-9-18)21(37)12-24(44-16)45-23-14-34(42,17(2)36)13-20-26(23)33(41)28-27(31(20)39)30(38)19-10-7-11-22(43-3)25(19)32(28)40/h4-11,16,21,23-24,29,35,37,39,41-42H,12-15H2,1-3H3/t16?,21?,23-,24?,29?,34?/m1/s1. The number of phenols is 2. The van der Waals surface area contributed by atoms with E-state index in [9.17, 15) is 34.8 Å². The van der Waals surface area contributed by atoms with Crippen LogP contribution in [0.15, 0.2) is 48.5 Å². The maximum absolute atomic E-state index is 13.8. The van der Waals surface area contributed by atoms with E-state index in [1.54, 1.807) is 6.92 Å². The second-order valence-electron chi connectivity index (χ2n) is 11.9. The molecule has 5 unspecified atom stereocenters. The van der Waals surface area contributed by atoms with Crippen molar-refractivity contribution < 1.29 is 49.0 Å². The van der Waals surface area contributed by atoms with Crippen LogP contribution in [0.25, 0.3) is 0 Å². The Hall–Kier alpha value is -4.13. The van der Waals surface area contributed by atoms with E-state index in [0.717, 1.165) is 5.56 Å². The van der Waals surface area contributed by atoms with Gasteiger partial charge in [0.25, 0.3) is 0 Å². The first-order valence-electron chi connectivity index (χ1n) is 14.8. The van der Waals surface area contributed by atoms with Gasteiger partial charge in [-0.2, -0.15) is 0 Å². The van der Waals surface area contributed by atoms with E-state index in [1.807, 2.05) is 30.3 Å². The molecule has 11 heteroatoms. The third-order valence-electron chi connectivity index (χ3n) is 9.15. The number of fused-ring (bicyclic) bond motifs is 3. The highest BCUT2D eigenvalue weighted by Gasteiger charge is 2.49. The number of phenolic OH excluding ortho intramolecular Hbond substituents is 2. The zero-order chi connectivity index (χ0) is 32.2. The highest BCUT2D eigenvalue weighted by Crippen LogP contribution is 2.52. The van der Waals surface area contributed by atoms with Crippen LogP contribution >= 0.6 is 0 Å². The Labute approximate surface area is 259 Å². The highest BCUT2D eigenvalue weighted by atomic mass is 16.7. The van der Waals surface area contributed by atoms with Gasteiger partial charge in [-0.3, -0.25) is 14.4 Å². The fourth-order valence-corrected chi connectivity index (χ4v) is 6.74. The number of hydrogen-bond donors (Lipinski definition) is 5. The lowest BCUT2D eigenvalue weighted by atomic mass is 9.72. The molecular weight excluding hydrogens is 582 g/mol. The van der Waals surface area contributed by atoms with Crippen LogP contribution in [-0.4, -0.2) is 75.0 Å². The van der Waals surface area contributed by atoms with Gasteiger partial charge in [0.2, 0.25) is 5.78 Å². The Balaban J connectivity index is 1.35. The number of ether oxygens (including phenoxy) is 3. The van der Waals surface area contributed by atoms with Crippen LogP contribution in [0.1, 0.15) is 81.3 Å². The summed E-state index contributed by atoms with van der Waals surface area (Å²) >= 11 is 0. The fourth-order valence-electron chi connectivity index (χ4n) is 6.74. The number of Topliss-reactive ketones (excluding diaryl/α,β-unsaturated/α-hetero) is 1. The van der Waals surface area contributed by atoms with Crippen molar-refractivity contribution in [3.05, 3.63) is 87.5 Å². The summed E-state index contributed by atoms with van der Waals surface area (Å²) in [7, 11) is 1.35. The molecule has 0 spiro atoms. The molecule has 236 valence electrons. The van der Waals surface area contributed by atoms with Gasteiger partial charge >= 0.3 is 0 Å².